The fraction of sp³-hybridized carbons (Fsp3) is 0.472. The number of ether oxygens (including phenoxy) is 1. The van der Waals surface area contributed by atoms with Gasteiger partial charge in [-0.1, -0.05) is 43.0 Å². The third-order valence-corrected chi connectivity index (χ3v) is 10.7. The summed E-state index contributed by atoms with van der Waals surface area (Å²) in [7, 11) is 0. The Morgan fingerprint density at radius 1 is 1.15 bits per heavy atom. The average molecular weight is 625 g/mol. The van der Waals surface area contributed by atoms with Crippen LogP contribution in [0.5, 0.6) is 6.01 Å². The van der Waals surface area contributed by atoms with Crippen LogP contribution in [-0.4, -0.2) is 69.4 Å². The van der Waals surface area contributed by atoms with Gasteiger partial charge in [-0.25, -0.2) is 18.2 Å². The number of hydrogen-bond acceptors (Lipinski definition) is 7. The number of nitrogens with one attached hydrogen (secondary N) is 2. The Bertz CT molecular complexity index is 1970. The van der Waals surface area contributed by atoms with Crippen LogP contribution < -0.4 is 15.4 Å². The second-order valence-corrected chi connectivity index (χ2v) is 13.7. The lowest BCUT2D eigenvalue weighted by Crippen LogP contribution is -2.45. The van der Waals surface area contributed by atoms with E-state index in [1.165, 1.54) is 6.07 Å². The van der Waals surface area contributed by atoms with E-state index < -0.39 is 29.3 Å². The third-order valence-electron chi connectivity index (χ3n) is 10.7. The summed E-state index contributed by atoms with van der Waals surface area (Å²) in [5.41, 5.74) is 1.09. The van der Waals surface area contributed by atoms with E-state index in [4.69, 9.17) is 19.7 Å². The SMILES string of the molecule is CC[C@H](NC1CC1)[C@H]1C[C@H]2C#Cc3c(F)ccc4cccc(c34)-c3nc2c2c(nc(OC[C@@]45CCCN4C[C@H](F)C5)nc2c3F)N1. The Hall–Kier alpha value is -3.94. The molecule has 10 heteroatoms. The maximum absolute atomic E-state index is 17.0. The second kappa shape index (κ2) is 10.5. The Balaban J connectivity index is 1.24. The van der Waals surface area contributed by atoms with Gasteiger partial charge in [0.05, 0.1) is 28.1 Å². The van der Waals surface area contributed by atoms with Gasteiger partial charge >= 0.3 is 6.01 Å². The van der Waals surface area contributed by atoms with E-state index in [1.807, 2.05) is 12.1 Å². The number of nitrogens with zero attached hydrogens (tertiary/aromatic N) is 4. The van der Waals surface area contributed by atoms with Crippen molar-refractivity contribution in [3.05, 3.63) is 53.2 Å². The van der Waals surface area contributed by atoms with Gasteiger partial charge in [0, 0.05) is 42.0 Å². The van der Waals surface area contributed by atoms with E-state index in [1.54, 1.807) is 12.1 Å². The minimum atomic E-state index is -0.893. The average Bonchev–Trinajstić information content (AvgIpc) is 3.73. The normalized spacial score (nSPS) is 26.9. The summed E-state index contributed by atoms with van der Waals surface area (Å²) in [6, 6.07) is 9.07. The number of alkyl halides is 1. The van der Waals surface area contributed by atoms with Gasteiger partial charge < -0.3 is 15.4 Å². The molecular weight excluding hydrogens is 589 g/mol. The van der Waals surface area contributed by atoms with Crippen LogP contribution in [0, 0.1) is 23.5 Å². The van der Waals surface area contributed by atoms with E-state index >= 15 is 8.78 Å². The molecule has 0 spiro atoms. The Morgan fingerprint density at radius 2 is 2.04 bits per heavy atom. The zero-order chi connectivity index (χ0) is 31.2. The number of fused-ring (bicyclic) bond motifs is 3. The van der Waals surface area contributed by atoms with Crippen molar-refractivity contribution >= 4 is 27.5 Å². The molecule has 2 aromatic carbocycles. The molecule has 7 nitrogen and oxygen atoms in total. The minimum Gasteiger partial charge on any atom is -0.461 e. The van der Waals surface area contributed by atoms with Crippen LogP contribution in [0.3, 0.4) is 0 Å². The van der Waals surface area contributed by atoms with Crippen molar-refractivity contribution < 1.29 is 17.9 Å². The number of halogens is 3. The van der Waals surface area contributed by atoms with Gasteiger partial charge in [0.2, 0.25) is 0 Å². The molecule has 5 aliphatic rings. The summed E-state index contributed by atoms with van der Waals surface area (Å²) in [6.07, 6.45) is 5.04. The van der Waals surface area contributed by atoms with E-state index in [0.717, 1.165) is 44.0 Å². The molecule has 5 atom stereocenters. The Labute approximate surface area is 265 Å². The fourth-order valence-electron chi connectivity index (χ4n) is 8.32. The molecule has 236 valence electrons. The standard InChI is InChI=1S/C36H35F3N6O/c1-2-26(40-22-9-10-22)27-15-20-7-11-23-25(38)12-8-19-5-3-6-24(28(19)23)32-30(39)33-29(31(20)42-32)34(41-27)44-35(43-33)46-18-36-13-4-14-45(36)17-21(37)16-36/h3,5-6,8,12,20-22,26-27,40H,2,4,9-10,13-18H2,1H3,(H,41,43,44)/t20-,21-,26+,27-,36+/m1/s1. The quantitative estimate of drug-likeness (QED) is 0.236. The predicted molar refractivity (Wildman–Crippen MR) is 171 cm³/mol. The first-order valence-corrected chi connectivity index (χ1v) is 16.6. The molecule has 4 aliphatic heterocycles. The number of rotatable bonds is 7. The van der Waals surface area contributed by atoms with Crippen LogP contribution in [0.2, 0.25) is 0 Å². The fourth-order valence-corrected chi connectivity index (χ4v) is 8.32. The van der Waals surface area contributed by atoms with Gasteiger partial charge in [-0.05, 0) is 56.5 Å². The molecule has 0 amide bonds. The molecule has 0 radical (unpaired) electrons. The maximum atomic E-state index is 17.0. The molecular formula is C36H35F3N6O. The lowest BCUT2D eigenvalue weighted by Gasteiger charge is -2.31. The van der Waals surface area contributed by atoms with Crippen LogP contribution in [-0.2, 0) is 0 Å². The molecule has 2 N–H and O–H groups in total. The second-order valence-electron chi connectivity index (χ2n) is 13.7. The molecule has 2 aromatic heterocycles. The predicted octanol–water partition coefficient (Wildman–Crippen LogP) is 6.24. The molecule has 3 fully saturated rings. The first kappa shape index (κ1) is 28.3. The molecule has 1 saturated carbocycles. The summed E-state index contributed by atoms with van der Waals surface area (Å²) < 4.78 is 53.2. The Kier molecular flexibility index (Phi) is 6.48. The van der Waals surface area contributed by atoms with Crippen LogP contribution in [0.15, 0.2) is 30.3 Å². The minimum absolute atomic E-state index is 0.0477. The van der Waals surface area contributed by atoms with Crippen molar-refractivity contribution in [2.75, 3.05) is 25.0 Å². The van der Waals surface area contributed by atoms with Crippen LogP contribution >= 0.6 is 0 Å². The van der Waals surface area contributed by atoms with Crippen molar-refractivity contribution in [3.63, 3.8) is 0 Å². The lowest BCUT2D eigenvalue weighted by atomic mass is 9.91. The summed E-state index contributed by atoms with van der Waals surface area (Å²) in [4.78, 5) is 16.7. The largest absolute Gasteiger partial charge is 0.461 e. The van der Waals surface area contributed by atoms with Crippen molar-refractivity contribution in [3.8, 4) is 29.1 Å². The van der Waals surface area contributed by atoms with E-state index in [2.05, 4.69) is 34.3 Å². The van der Waals surface area contributed by atoms with Crippen molar-refractivity contribution in [1.29, 1.82) is 0 Å². The topological polar surface area (TPSA) is 75.2 Å². The highest BCUT2D eigenvalue weighted by molar-refractivity contribution is 6.03. The van der Waals surface area contributed by atoms with Gasteiger partial charge in [-0.15, -0.1) is 0 Å². The van der Waals surface area contributed by atoms with Gasteiger partial charge in [-0.2, -0.15) is 9.97 Å². The highest BCUT2D eigenvalue weighted by atomic mass is 19.1. The van der Waals surface area contributed by atoms with Crippen molar-refractivity contribution in [2.24, 2.45) is 0 Å². The molecule has 2 bridgehead atoms. The monoisotopic (exact) mass is 624 g/mol. The van der Waals surface area contributed by atoms with E-state index in [9.17, 15) is 4.39 Å². The first-order chi connectivity index (χ1) is 22.4. The summed E-state index contributed by atoms with van der Waals surface area (Å²) >= 11 is 0. The smallest absolute Gasteiger partial charge is 0.319 e. The van der Waals surface area contributed by atoms with E-state index in [-0.39, 0.29) is 41.5 Å². The highest BCUT2D eigenvalue weighted by Crippen LogP contribution is 2.44. The summed E-state index contributed by atoms with van der Waals surface area (Å²) in [6.45, 7) is 3.63. The molecule has 0 unspecified atom stereocenters. The first-order valence-electron chi connectivity index (χ1n) is 16.6. The molecule has 2 saturated heterocycles. The third kappa shape index (κ3) is 4.46. The van der Waals surface area contributed by atoms with Gasteiger partial charge in [0.1, 0.15) is 35.6 Å². The van der Waals surface area contributed by atoms with Gasteiger partial charge in [-0.3, -0.25) is 4.90 Å². The number of hydrogen-bond donors (Lipinski definition) is 2. The molecule has 9 rings (SSSR count). The zero-order valence-electron chi connectivity index (χ0n) is 25.7. The Morgan fingerprint density at radius 3 is 2.89 bits per heavy atom. The highest BCUT2D eigenvalue weighted by Gasteiger charge is 2.49. The maximum Gasteiger partial charge on any atom is 0.319 e. The summed E-state index contributed by atoms with van der Waals surface area (Å²) in [5, 5.41) is 9.17. The molecule has 1 aliphatic carbocycles. The lowest BCUT2D eigenvalue weighted by molar-refractivity contribution is 0.107. The zero-order valence-corrected chi connectivity index (χ0v) is 25.7. The van der Waals surface area contributed by atoms with E-state index in [0.29, 0.717) is 53.3 Å². The van der Waals surface area contributed by atoms with Crippen LogP contribution in [0.25, 0.3) is 32.9 Å². The number of anilines is 1. The molecule has 46 heavy (non-hydrogen) atoms. The number of aromatic nitrogens is 3. The van der Waals surface area contributed by atoms with Crippen molar-refractivity contribution in [2.45, 2.75) is 87.6 Å². The molecule has 6 heterocycles. The van der Waals surface area contributed by atoms with Gasteiger partial charge in [0.15, 0.2) is 5.82 Å². The van der Waals surface area contributed by atoms with Crippen molar-refractivity contribution in [1.82, 2.24) is 25.2 Å². The summed E-state index contributed by atoms with van der Waals surface area (Å²) in [5.74, 6) is 5.50. The van der Waals surface area contributed by atoms with Crippen LogP contribution in [0.1, 0.15) is 69.0 Å². The molecule has 4 aromatic rings. The van der Waals surface area contributed by atoms with Gasteiger partial charge in [0.25, 0.3) is 0 Å². The number of pyridine rings is 1. The van der Waals surface area contributed by atoms with Crippen LogP contribution in [0.4, 0.5) is 19.0 Å². The number of benzene rings is 2.